The van der Waals surface area contributed by atoms with Crippen molar-refractivity contribution in [3.63, 3.8) is 0 Å². The van der Waals surface area contributed by atoms with Gasteiger partial charge in [-0.05, 0) is 48.9 Å². The van der Waals surface area contributed by atoms with Crippen LogP contribution >= 0.6 is 0 Å². The van der Waals surface area contributed by atoms with E-state index in [2.05, 4.69) is 32.6 Å². The number of carbonyl (C=O) groups excluding carboxylic acids is 1. The molecule has 0 spiro atoms. The number of urea groups is 1. The number of benzene rings is 2. The molecule has 2 N–H and O–H groups in total. The van der Waals surface area contributed by atoms with Gasteiger partial charge in [0.15, 0.2) is 0 Å². The molecule has 0 unspecified atom stereocenters. The van der Waals surface area contributed by atoms with Crippen molar-refractivity contribution in [2.24, 2.45) is 0 Å². The summed E-state index contributed by atoms with van der Waals surface area (Å²) in [4.78, 5) is 17.1. The molecule has 0 bridgehead atoms. The highest BCUT2D eigenvalue weighted by Crippen LogP contribution is 2.15. The van der Waals surface area contributed by atoms with E-state index in [1.165, 1.54) is 5.56 Å². The molecule has 3 aromatic rings. The van der Waals surface area contributed by atoms with Crippen LogP contribution in [0, 0.1) is 6.92 Å². The molecule has 1 fully saturated rings. The van der Waals surface area contributed by atoms with Crippen LogP contribution in [-0.2, 0) is 13.1 Å². The van der Waals surface area contributed by atoms with Crippen molar-refractivity contribution in [2.75, 3.05) is 36.8 Å². The van der Waals surface area contributed by atoms with Gasteiger partial charge in [0.05, 0.1) is 12.8 Å². The maximum absolute atomic E-state index is 12.2. The molecule has 30 heavy (non-hydrogen) atoms. The van der Waals surface area contributed by atoms with E-state index >= 15 is 0 Å². The van der Waals surface area contributed by atoms with Crippen molar-refractivity contribution in [3.05, 3.63) is 83.8 Å². The molecule has 0 aliphatic carbocycles. The van der Waals surface area contributed by atoms with E-state index in [1.54, 1.807) is 6.26 Å². The molecule has 0 atom stereocenters. The number of amides is 2. The van der Waals surface area contributed by atoms with Crippen molar-refractivity contribution >= 4 is 17.4 Å². The van der Waals surface area contributed by atoms with Gasteiger partial charge in [0.2, 0.25) is 0 Å². The number of furan rings is 1. The van der Waals surface area contributed by atoms with Crippen molar-refractivity contribution < 1.29 is 9.21 Å². The standard InChI is InChI=1S/C24H28N4O2/c1-19-4-8-21(9-5-19)25-24(29)26-22-10-6-20(7-11-22)17-27-12-14-28(15-13-27)18-23-3-2-16-30-23/h2-11,16H,12-15,17-18H2,1H3,(H2,25,26,29). The molecule has 1 aromatic heterocycles. The predicted molar refractivity (Wildman–Crippen MR) is 120 cm³/mol. The van der Waals surface area contributed by atoms with Crippen LogP contribution in [0.15, 0.2) is 71.3 Å². The fourth-order valence-electron chi connectivity index (χ4n) is 3.61. The van der Waals surface area contributed by atoms with E-state index in [4.69, 9.17) is 4.42 Å². The van der Waals surface area contributed by atoms with Gasteiger partial charge in [-0.15, -0.1) is 0 Å². The number of aryl methyl sites for hydroxylation is 1. The maximum atomic E-state index is 12.2. The fraction of sp³-hybridized carbons (Fsp3) is 0.292. The summed E-state index contributed by atoms with van der Waals surface area (Å²) in [5.41, 5.74) is 3.97. The van der Waals surface area contributed by atoms with Crippen LogP contribution in [0.25, 0.3) is 0 Å². The molecular weight excluding hydrogens is 376 g/mol. The second-order valence-corrected chi connectivity index (χ2v) is 7.77. The summed E-state index contributed by atoms with van der Waals surface area (Å²) in [6.45, 7) is 7.99. The van der Waals surface area contributed by atoms with Crippen molar-refractivity contribution in [1.82, 2.24) is 9.80 Å². The predicted octanol–water partition coefficient (Wildman–Crippen LogP) is 4.55. The van der Waals surface area contributed by atoms with Crippen LogP contribution in [0.5, 0.6) is 0 Å². The molecule has 0 radical (unpaired) electrons. The van der Waals surface area contributed by atoms with Gasteiger partial charge in [-0.2, -0.15) is 0 Å². The molecule has 1 aliphatic heterocycles. The highest BCUT2D eigenvalue weighted by atomic mass is 16.3. The van der Waals surface area contributed by atoms with Gasteiger partial charge in [0.25, 0.3) is 0 Å². The summed E-state index contributed by atoms with van der Waals surface area (Å²) in [6, 6.07) is 19.5. The topological polar surface area (TPSA) is 60.8 Å². The van der Waals surface area contributed by atoms with E-state index in [-0.39, 0.29) is 6.03 Å². The van der Waals surface area contributed by atoms with Crippen molar-refractivity contribution in [2.45, 2.75) is 20.0 Å². The van der Waals surface area contributed by atoms with Crippen LogP contribution in [-0.4, -0.2) is 42.0 Å². The Labute approximate surface area is 177 Å². The van der Waals surface area contributed by atoms with Crippen LogP contribution in [0.3, 0.4) is 0 Å². The zero-order valence-corrected chi connectivity index (χ0v) is 17.3. The van der Waals surface area contributed by atoms with Gasteiger partial charge in [-0.25, -0.2) is 4.79 Å². The zero-order chi connectivity index (χ0) is 20.8. The summed E-state index contributed by atoms with van der Waals surface area (Å²) in [5, 5.41) is 5.73. The second-order valence-electron chi connectivity index (χ2n) is 7.77. The Balaban J connectivity index is 1.22. The molecule has 6 nitrogen and oxygen atoms in total. The third kappa shape index (κ3) is 5.72. The van der Waals surface area contributed by atoms with E-state index in [9.17, 15) is 4.79 Å². The average Bonchev–Trinajstić information content (AvgIpc) is 3.26. The summed E-state index contributed by atoms with van der Waals surface area (Å²) < 4.78 is 5.45. The van der Waals surface area contributed by atoms with Gasteiger partial charge < -0.3 is 15.1 Å². The Bertz CT molecular complexity index is 928. The zero-order valence-electron chi connectivity index (χ0n) is 17.3. The summed E-state index contributed by atoms with van der Waals surface area (Å²) in [7, 11) is 0. The summed E-state index contributed by atoms with van der Waals surface area (Å²) >= 11 is 0. The Morgan fingerprint density at radius 2 is 1.40 bits per heavy atom. The quantitative estimate of drug-likeness (QED) is 0.633. The van der Waals surface area contributed by atoms with E-state index in [0.29, 0.717) is 0 Å². The lowest BCUT2D eigenvalue weighted by atomic mass is 10.1. The first-order valence-electron chi connectivity index (χ1n) is 10.3. The normalized spacial score (nSPS) is 15.1. The van der Waals surface area contributed by atoms with Crippen molar-refractivity contribution in [1.29, 1.82) is 0 Å². The Morgan fingerprint density at radius 3 is 1.97 bits per heavy atom. The largest absolute Gasteiger partial charge is 0.468 e. The van der Waals surface area contributed by atoms with Gasteiger partial charge in [-0.1, -0.05) is 29.8 Å². The first kappa shape index (κ1) is 20.2. The molecule has 1 saturated heterocycles. The van der Waals surface area contributed by atoms with Gasteiger partial charge in [0, 0.05) is 44.1 Å². The van der Waals surface area contributed by atoms with E-state index in [0.717, 1.165) is 62.0 Å². The molecular formula is C24H28N4O2. The van der Waals surface area contributed by atoms with Gasteiger partial charge >= 0.3 is 6.03 Å². The molecule has 2 amide bonds. The number of nitrogens with one attached hydrogen (secondary N) is 2. The smallest absolute Gasteiger partial charge is 0.323 e. The minimum absolute atomic E-state index is 0.237. The number of anilines is 2. The molecule has 2 heterocycles. The molecule has 6 heteroatoms. The second kappa shape index (κ2) is 9.61. The SMILES string of the molecule is Cc1ccc(NC(=O)Nc2ccc(CN3CCN(Cc4ccco4)CC3)cc2)cc1. The number of piperazine rings is 1. The molecule has 4 rings (SSSR count). The summed E-state index contributed by atoms with van der Waals surface area (Å²) in [5.74, 6) is 1.03. The van der Waals surface area contributed by atoms with E-state index in [1.807, 2.05) is 55.5 Å². The first-order valence-corrected chi connectivity index (χ1v) is 10.3. The number of carbonyl (C=O) groups is 1. The van der Waals surface area contributed by atoms with Gasteiger partial charge in [-0.3, -0.25) is 9.80 Å². The Kier molecular flexibility index (Phi) is 6.47. The van der Waals surface area contributed by atoms with E-state index < -0.39 is 0 Å². The van der Waals surface area contributed by atoms with Crippen LogP contribution < -0.4 is 10.6 Å². The molecule has 1 aliphatic rings. The minimum Gasteiger partial charge on any atom is -0.468 e. The van der Waals surface area contributed by atoms with Crippen LogP contribution in [0.2, 0.25) is 0 Å². The van der Waals surface area contributed by atoms with Crippen LogP contribution in [0.4, 0.5) is 16.2 Å². The Morgan fingerprint density at radius 1 is 0.833 bits per heavy atom. The molecule has 0 saturated carbocycles. The highest BCUT2D eigenvalue weighted by Gasteiger charge is 2.17. The Hall–Kier alpha value is -3.09. The monoisotopic (exact) mass is 404 g/mol. The lowest BCUT2D eigenvalue weighted by Gasteiger charge is -2.34. The number of hydrogen-bond acceptors (Lipinski definition) is 4. The lowest BCUT2D eigenvalue weighted by molar-refractivity contribution is 0.116. The first-order chi connectivity index (χ1) is 14.6. The third-order valence-electron chi connectivity index (χ3n) is 5.35. The molecule has 156 valence electrons. The van der Waals surface area contributed by atoms with Crippen molar-refractivity contribution in [3.8, 4) is 0 Å². The number of hydrogen-bond donors (Lipinski definition) is 2. The third-order valence-corrected chi connectivity index (χ3v) is 5.35. The summed E-state index contributed by atoms with van der Waals surface area (Å²) in [6.07, 6.45) is 1.73. The van der Waals surface area contributed by atoms with Gasteiger partial charge in [0.1, 0.15) is 5.76 Å². The van der Waals surface area contributed by atoms with Crippen LogP contribution in [0.1, 0.15) is 16.9 Å². The number of rotatable bonds is 6. The number of nitrogens with zero attached hydrogens (tertiary/aromatic N) is 2. The minimum atomic E-state index is -0.237. The fourth-order valence-corrected chi connectivity index (χ4v) is 3.61. The lowest BCUT2D eigenvalue weighted by Crippen LogP contribution is -2.45. The average molecular weight is 405 g/mol. The molecule has 2 aromatic carbocycles. The highest BCUT2D eigenvalue weighted by molar-refractivity contribution is 5.99. The maximum Gasteiger partial charge on any atom is 0.323 e.